The summed E-state index contributed by atoms with van der Waals surface area (Å²) in [7, 11) is 1.66. The van der Waals surface area contributed by atoms with Crippen LogP contribution in [-0.4, -0.2) is 29.5 Å². The number of methoxy groups -OCH3 is 1. The molecule has 0 saturated carbocycles. The first-order valence-electron chi connectivity index (χ1n) is 13.9. The van der Waals surface area contributed by atoms with Crippen molar-refractivity contribution in [1.82, 2.24) is 10.2 Å². The van der Waals surface area contributed by atoms with E-state index in [9.17, 15) is 0 Å². The van der Waals surface area contributed by atoms with Crippen molar-refractivity contribution in [2.75, 3.05) is 7.11 Å². The minimum atomic E-state index is -0.0615. The van der Waals surface area contributed by atoms with Crippen LogP contribution in [0, 0.1) is 6.92 Å². The molecule has 0 radical (unpaired) electrons. The fourth-order valence-electron chi connectivity index (χ4n) is 5.01. The number of nitrogens with zero attached hydrogens (tertiary/aromatic N) is 2. The molecule has 0 bridgehead atoms. The second-order valence-corrected chi connectivity index (χ2v) is 10.6. The maximum atomic E-state index is 6.31. The Morgan fingerprint density at radius 2 is 1.07 bits per heavy atom. The molecule has 2 saturated heterocycles. The van der Waals surface area contributed by atoms with Gasteiger partial charge in [-0.15, -0.1) is 10.2 Å². The lowest BCUT2D eigenvalue weighted by Gasteiger charge is -2.14. The highest BCUT2D eigenvalue weighted by Crippen LogP contribution is 2.47. The van der Waals surface area contributed by atoms with E-state index >= 15 is 0 Å². The van der Waals surface area contributed by atoms with E-state index in [0.717, 1.165) is 28.0 Å². The Kier molecular flexibility index (Phi) is 6.64. The summed E-state index contributed by atoms with van der Waals surface area (Å²) in [4.78, 5) is 0. The van der Waals surface area contributed by atoms with Crippen molar-refractivity contribution in [1.29, 1.82) is 0 Å². The molecule has 4 aromatic carbocycles. The van der Waals surface area contributed by atoms with Crippen LogP contribution in [0.25, 0.3) is 22.9 Å². The van der Waals surface area contributed by atoms with Crippen molar-refractivity contribution in [3.8, 4) is 51.7 Å². The fraction of sp³-hybridized carbons (Fsp3) is 0.235. The van der Waals surface area contributed by atoms with E-state index in [0.29, 0.717) is 34.8 Å². The third-order valence-electron chi connectivity index (χ3n) is 7.51. The number of aryl methyl sites for hydroxylation is 1. The third kappa shape index (κ3) is 5.34. The zero-order valence-corrected chi connectivity index (χ0v) is 23.7. The lowest BCUT2D eigenvalue weighted by molar-refractivity contribution is 0.366. The minimum Gasteiger partial charge on any atom is -0.496 e. The molecule has 2 aliphatic rings. The normalized spacial score (nSPS) is 20.7. The Bertz CT molecular complexity index is 1730. The Morgan fingerprint density at radius 3 is 1.60 bits per heavy atom. The third-order valence-corrected chi connectivity index (χ3v) is 7.51. The zero-order chi connectivity index (χ0) is 28.8. The summed E-state index contributed by atoms with van der Waals surface area (Å²) in [5, 5.41) is 8.43. The Morgan fingerprint density at radius 1 is 0.595 bits per heavy atom. The first kappa shape index (κ1) is 26.3. The molecule has 8 nitrogen and oxygen atoms in total. The van der Waals surface area contributed by atoms with E-state index in [1.807, 2.05) is 106 Å². The predicted molar refractivity (Wildman–Crippen MR) is 156 cm³/mol. The summed E-state index contributed by atoms with van der Waals surface area (Å²) < 4.78 is 35.5. The van der Waals surface area contributed by atoms with Gasteiger partial charge in [-0.1, -0.05) is 17.7 Å². The van der Waals surface area contributed by atoms with Gasteiger partial charge in [0, 0.05) is 22.3 Å². The first-order chi connectivity index (χ1) is 20.4. The van der Waals surface area contributed by atoms with Gasteiger partial charge >= 0.3 is 0 Å². The van der Waals surface area contributed by atoms with Gasteiger partial charge in [-0.05, 0) is 93.6 Å². The smallest absolute Gasteiger partial charge is 0.248 e. The molecule has 5 aromatic rings. The van der Waals surface area contributed by atoms with Gasteiger partial charge in [-0.3, -0.25) is 0 Å². The molecule has 212 valence electrons. The van der Waals surface area contributed by atoms with Crippen LogP contribution < -0.4 is 14.2 Å². The van der Waals surface area contributed by atoms with Crippen LogP contribution in [0.3, 0.4) is 0 Å². The van der Waals surface area contributed by atoms with Crippen molar-refractivity contribution in [3.63, 3.8) is 0 Å². The number of hydrogen-bond acceptors (Lipinski definition) is 8. The number of epoxide rings is 2. The van der Waals surface area contributed by atoms with Crippen LogP contribution in [0.2, 0.25) is 0 Å². The van der Waals surface area contributed by atoms with Crippen LogP contribution >= 0.6 is 0 Å². The zero-order valence-electron chi connectivity index (χ0n) is 23.7. The highest BCUT2D eigenvalue weighted by molar-refractivity contribution is 5.59. The van der Waals surface area contributed by atoms with Crippen molar-refractivity contribution in [3.05, 3.63) is 102 Å². The molecule has 3 heterocycles. The maximum Gasteiger partial charge on any atom is 0.248 e. The molecule has 2 aliphatic heterocycles. The van der Waals surface area contributed by atoms with E-state index in [-0.39, 0.29) is 24.4 Å². The minimum absolute atomic E-state index is 0.0250. The van der Waals surface area contributed by atoms with E-state index in [4.69, 9.17) is 28.1 Å². The van der Waals surface area contributed by atoms with Crippen molar-refractivity contribution in [2.24, 2.45) is 0 Å². The quantitative estimate of drug-likeness (QED) is 0.166. The summed E-state index contributed by atoms with van der Waals surface area (Å²) in [6, 6.07) is 27.1. The van der Waals surface area contributed by atoms with Gasteiger partial charge in [0.25, 0.3) is 0 Å². The molecule has 0 aliphatic carbocycles. The molecule has 4 unspecified atom stereocenters. The molecule has 42 heavy (non-hydrogen) atoms. The Balaban J connectivity index is 1.09. The van der Waals surface area contributed by atoms with Crippen LogP contribution in [-0.2, 0) is 9.47 Å². The molecular formula is C34H30N2O6. The molecular weight excluding hydrogens is 532 g/mol. The summed E-state index contributed by atoms with van der Waals surface area (Å²) >= 11 is 0. The van der Waals surface area contributed by atoms with Gasteiger partial charge in [0.15, 0.2) is 0 Å². The van der Waals surface area contributed by atoms with Gasteiger partial charge in [-0.25, -0.2) is 0 Å². The van der Waals surface area contributed by atoms with Crippen LogP contribution in [0.15, 0.2) is 89.3 Å². The van der Waals surface area contributed by atoms with E-state index in [1.54, 1.807) is 7.11 Å². The maximum absolute atomic E-state index is 6.31. The molecule has 4 atom stereocenters. The SMILES string of the molecule is COc1ccc(Oc2ccc(Oc3ccc(-c4nnc(-c5ccc(C)cc5)o4)cc3)c(C3OC3C)c2)cc1C1OC1C. The highest BCUT2D eigenvalue weighted by Gasteiger charge is 2.39. The second-order valence-electron chi connectivity index (χ2n) is 10.6. The molecule has 0 amide bonds. The molecule has 2 fully saturated rings. The van der Waals surface area contributed by atoms with Gasteiger partial charge in [0.05, 0.1) is 19.3 Å². The van der Waals surface area contributed by atoms with Crippen molar-refractivity contribution >= 4 is 0 Å². The number of rotatable bonds is 9. The summed E-state index contributed by atoms with van der Waals surface area (Å²) in [5.74, 6) is 4.51. The van der Waals surface area contributed by atoms with Gasteiger partial charge in [0.1, 0.15) is 41.0 Å². The van der Waals surface area contributed by atoms with Crippen molar-refractivity contribution in [2.45, 2.75) is 45.2 Å². The van der Waals surface area contributed by atoms with Crippen molar-refractivity contribution < 1.29 is 28.1 Å². The number of ether oxygens (including phenoxy) is 5. The van der Waals surface area contributed by atoms with E-state index in [1.165, 1.54) is 5.56 Å². The van der Waals surface area contributed by atoms with E-state index < -0.39 is 0 Å². The van der Waals surface area contributed by atoms with Crippen LogP contribution in [0.5, 0.6) is 28.7 Å². The predicted octanol–water partition coefficient (Wildman–Crippen LogP) is 8.22. The standard InChI is InChI=1S/C34H30N2O6/c1-19-5-7-22(8-6-19)33-35-36-34(42-33)23-9-11-24(12-10-23)41-30-16-14-26(18-28(30)32-21(3)39-32)40-25-13-15-29(37-4)27(17-25)31-20(2)38-31/h5-18,20-21,31-32H,1-4H3. The molecule has 1 aromatic heterocycles. The summed E-state index contributed by atoms with van der Waals surface area (Å²) in [5.41, 5.74) is 4.77. The van der Waals surface area contributed by atoms with Crippen LogP contribution in [0.4, 0.5) is 0 Å². The first-order valence-corrected chi connectivity index (χ1v) is 13.9. The number of hydrogen-bond donors (Lipinski definition) is 0. The second kappa shape index (κ2) is 10.6. The number of aromatic nitrogens is 2. The van der Waals surface area contributed by atoms with Gasteiger partial charge < -0.3 is 28.1 Å². The topological polar surface area (TPSA) is 91.7 Å². The highest BCUT2D eigenvalue weighted by atomic mass is 16.6. The molecule has 8 heteroatoms. The van der Waals surface area contributed by atoms with Gasteiger partial charge in [-0.2, -0.15) is 0 Å². The van der Waals surface area contributed by atoms with Gasteiger partial charge in [0.2, 0.25) is 11.8 Å². The lowest BCUT2D eigenvalue weighted by atomic mass is 10.1. The van der Waals surface area contributed by atoms with E-state index in [2.05, 4.69) is 10.2 Å². The van der Waals surface area contributed by atoms with Crippen LogP contribution in [0.1, 0.15) is 42.7 Å². The average molecular weight is 563 g/mol. The molecule has 0 spiro atoms. The molecule has 7 rings (SSSR count). The summed E-state index contributed by atoms with van der Waals surface area (Å²) in [6.07, 6.45) is 0.236. The fourth-order valence-corrected chi connectivity index (χ4v) is 5.01. The molecule has 0 N–H and O–H groups in total. The lowest BCUT2D eigenvalue weighted by Crippen LogP contribution is -1.96. The average Bonchev–Trinajstić information content (AvgIpc) is 3.87. The number of benzene rings is 4. The Hall–Kier alpha value is -4.66. The monoisotopic (exact) mass is 562 g/mol. The Labute approximate surface area is 243 Å². The summed E-state index contributed by atoms with van der Waals surface area (Å²) in [6.45, 7) is 6.12. The largest absolute Gasteiger partial charge is 0.496 e.